The van der Waals surface area contributed by atoms with Crippen molar-refractivity contribution >= 4 is 27.7 Å². The Morgan fingerprint density at radius 3 is 2.92 bits per heavy atom. The molecule has 0 bridgehead atoms. The number of fused-ring (bicyclic) bond motifs is 1. The molecule has 0 saturated carbocycles. The van der Waals surface area contributed by atoms with E-state index >= 15 is 0 Å². The van der Waals surface area contributed by atoms with Crippen LogP contribution in [0.25, 0.3) is 5.78 Å². The van der Waals surface area contributed by atoms with Crippen molar-refractivity contribution < 1.29 is 9.90 Å². The van der Waals surface area contributed by atoms with Crippen LogP contribution in [-0.2, 0) is 7.05 Å². The fourth-order valence-electron chi connectivity index (χ4n) is 1.21. The van der Waals surface area contributed by atoms with E-state index in [1.165, 1.54) is 4.40 Å². The fraction of sp³-hybridized carbons (Fsp3) is 0.143. The molecule has 0 radical (unpaired) electrons. The minimum atomic E-state index is -0.995. The Hall–Kier alpha value is -1.30. The Morgan fingerprint density at radius 2 is 2.31 bits per heavy atom. The summed E-state index contributed by atoms with van der Waals surface area (Å²) in [6.07, 6.45) is 3.41. The van der Waals surface area contributed by atoms with Gasteiger partial charge in [0.05, 0.1) is 0 Å². The lowest BCUT2D eigenvalue weighted by Gasteiger charge is -1.89. The first-order valence-corrected chi connectivity index (χ1v) is 4.32. The Morgan fingerprint density at radius 1 is 1.62 bits per heavy atom. The maximum atomic E-state index is 10.8. The largest absolute Gasteiger partial charge is 0.476 e. The summed E-state index contributed by atoms with van der Waals surface area (Å²) in [5, 5.41) is 8.86. The summed E-state index contributed by atoms with van der Waals surface area (Å²) in [7, 11) is 1.81. The summed E-state index contributed by atoms with van der Waals surface area (Å²) in [6, 6.07) is 0. The highest BCUT2D eigenvalue weighted by molar-refractivity contribution is 9.10. The summed E-state index contributed by atoms with van der Waals surface area (Å²) < 4.78 is 3.62. The van der Waals surface area contributed by atoms with Crippen LogP contribution in [0.5, 0.6) is 0 Å². The van der Waals surface area contributed by atoms with Crippen molar-refractivity contribution in [1.82, 2.24) is 14.0 Å². The SMILES string of the molecule is Cn1ccn2c(C(=O)O)c(Br)nc12. The van der Waals surface area contributed by atoms with Crippen molar-refractivity contribution in [3.63, 3.8) is 0 Å². The highest BCUT2D eigenvalue weighted by Crippen LogP contribution is 2.18. The van der Waals surface area contributed by atoms with Crippen molar-refractivity contribution in [2.45, 2.75) is 0 Å². The second kappa shape index (κ2) is 2.59. The molecule has 0 spiro atoms. The van der Waals surface area contributed by atoms with Crippen LogP contribution >= 0.6 is 15.9 Å². The molecule has 1 N–H and O–H groups in total. The number of rotatable bonds is 1. The van der Waals surface area contributed by atoms with Crippen molar-refractivity contribution in [2.75, 3.05) is 0 Å². The smallest absolute Gasteiger partial charge is 0.355 e. The highest BCUT2D eigenvalue weighted by atomic mass is 79.9. The van der Waals surface area contributed by atoms with Gasteiger partial charge in [0.25, 0.3) is 0 Å². The van der Waals surface area contributed by atoms with E-state index in [9.17, 15) is 4.79 Å². The van der Waals surface area contributed by atoms with E-state index in [0.717, 1.165) is 0 Å². The molecule has 0 saturated heterocycles. The Balaban J connectivity index is 2.86. The lowest BCUT2D eigenvalue weighted by atomic mass is 10.5. The average Bonchev–Trinajstić information content (AvgIpc) is 2.51. The van der Waals surface area contributed by atoms with Gasteiger partial charge in [-0.1, -0.05) is 0 Å². The first kappa shape index (κ1) is 8.31. The summed E-state index contributed by atoms with van der Waals surface area (Å²) in [5.41, 5.74) is 0.149. The second-order valence-electron chi connectivity index (χ2n) is 2.64. The van der Waals surface area contributed by atoms with E-state index in [1.807, 2.05) is 0 Å². The maximum Gasteiger partial charge on any atom is 0.355 e. The van der Waals surface area contributed by atoms with Crippen LogP contribution in [0.2, 0.25) is 0 Å². The number of carbonyl (C=O) groups is 1. The van der Waals surface area contributed by atoms with Gasteiger partial charge in [-0.05, 0) is 15.9 Å². The molecule has 13 heavy (non-hydrogen) atoms. The third-order valence-corrected chi connectivity index (χ3v) is 2.36. The maximum absolute atomic E-state index is 10.8. The van der Waals surface area contributed by atoms with Gasteiger partial charge in [-0.2, -0.15) is 0 Å². The molecule has 2 rings (SSSR count). The predicted molar refractivity (Wildman–Crippen MR) is 48.8 cm³/mol. The number of hydrogen-bond donors (Lipinski definition) is 1. The molecule has 68 valence electrons. The standard InChI is InChI=1S/C7H6BrN3O2/c1-10-2-3-11-4(6(12)13)5(8)9-7(10)11/h2-3H,1H3,(H,12,13). The van der Waals surface area contributed by atoms with Crippen LogP contribution in [-0.4, -0.2) is 25.0 Å². The summed E-state index contributed by atoms with van der Waals surface area (Å²) in [5.74, 6) is -0.394. The molecule has 0 amide bonds. The summed E-state index contributed by atoms with van der Waals surface area (Å²) >= 11 is 3.10. The molecule has 0 unspecified atom stereocenters. The van der Waals surface area contributed by atoms with Gasteiger partial charge in [0, 0.05) is 19.4 Å². The van der Waals surface area contributed by atoms with E-state index in [-0.39, 0.29) is 5.69 Å². The number of aromatic carboxylic acids is 1. The molecule has 0 aliphatic heterocycles. The molecule has 2 heterocycles. The van der Waals surface area contributed by atoms with Gasteiger partial charge in [0.15, 0.2) is 5.69 Å². The Labute approximate surface area is 81.7 Å². The van der Waals surface area contributed by atoms with Crippen LogP contribution in [0.1, 0.15) is 10.5 Å². The van der Waals surface area contributed by atoms with E-state index in [4.69, 9.17) is 5.11 Å². The monoisotopic (exact) mass is 243 g/mol. The molecule has 0 aliphatic rings. The zero-order valence-electron chi connectivity index (χ0n) is 6.73. The van der Waals surface area contributed by atoms with Gasteiger partial charge in [-0.15, -0.1) is 0 Å². The number of aromatic nitrogens is 3. The van der Waals surface area contributed by atoms with Crippen molar-refractivity contribution in [1.29, 1.82) is 0 Å². The molecule has 5 nitrogen and oxygen atoms in total. The highest BCUT2D eigenvalue weighted by Gasteiger charge is 2.17. The number of hydrogen-bond acceptors (Lipinski definition) is 2. The normalized spacial score (nSPS) is 10.9. The number of carboxylic acids is 1. The van der Waals surface area contributed by atoms with Gasteiger partial charge in [0.1, 0.15) is 4.60 Å². The van der Waals surface area contributed by atoms with Crippen LogP contribution in [0, 0.1) is 0 Å². The van der Waals surface area contributed by atoms with Gasteiger partial charge in [-0.3, -0.25) is 4.40 Å². The molecule has 0 aliphatic carbocycles. The molecule has 6 heteroatoms. The summed E-state index contributed by atoms with van der Waals surface area (Å²) in [4.78, 5) is 14.9. The van der Waals surface area contributed by atoms with Crippen molar-refractivity contribution in [2.24, 2.45) is 7.05 Å². The molecule has 2 aromatic heterocycles. The first-order chi connectivity index (χ1) is 6.11. The van der Waals surface area contributed by atoms with Gasteiger partial charge >= 0.3 is 5.97 Å². The van der Waals surface area contributed by atoms with Crippen molar-refractivity contribution in [3.05, 3.63) is 22.7 Å². The van der Waals surface area contributed by atoms with Crippen LogP contribution in [0.3, 0.4) is 0 Å². The zero-order valence-corrected chi connectivity index (χ0v) is 8.32. The Bertz CT molecular complexity index is 485. The number of imidazole rings is 2. The van der Waals surface area contributed by atoms with Gasteiger partial charge < -0.3 is 9.67 Å². The Kier molecular flexibility index (Phi) is 1.66. The lowest BCUT2D eigenvalue weighted by molar-refractivity contribution is 0.0688. The summed E-state index contributed by atoms with van der Waals surface area (Å²) in [6.45, 7) is 0. The van der Waals surface area contributed by atoms with E-state index < -0.39 is 5.97 Å². The van der Waals surface area contributed by atoms with Crippen LogP contribution in [0.4, 0.5) is 0 Å². The zero-order chi connectivity index (χ0) is 9.59. The topological polar surface area (TPSA) is 59.5 Å². The quantitative estimate of drug-likeness (QED) is 0.818. The fourth-order valence-corrected chi connectivity index (χ4v) is 1.73. The van der Waals surface area contributed by atoms with E-state index in [2.05, 4.69) is 20.9 Å². The van der Waals surface area contributed by atoms with Gasteiger partial charge in [-0.25, -0.2) is 9.78 Å². The number of aryl methyl sites for hydroxylation is 1. The average molecular weight is 244 g/mol. The van der Waals surface area contributed by atoms with Crippen LogP contribution < -0.4 is 0 Å². The molecule has 0 aromatic carbocycles. The number of halogens is 1. The second-order valence-corrected chi connectivity index (χ2v) is 3.39. The van der Waals surface area contributed by atoms with Crippen molar-refractivity contribution in [3.8, 4) is 0 Å². The molecular weight excluding hydrogens is 238 g/mol. The third-order valence-electron chi connectivity index (χ3n) is 1.81. The first-order valence-electron chi connectivity index (χ1n) is 3.53. The minimum absolute atomic E-state index is 0.149. The number of carboxylic acid groups (broad SMARTS) is 1. The van der Waals surface area contributed by atoms with Gasteiger partial charge in [0.2, 0.25) is 5.78 Å². The predicted octanol–water partition coefficient (Wildman–Crippen LogP) is 1.13. The molecule has 0 fully saturated rings. The van der Waals surface area contributed by atoms with E-state index in [0.29, 0.717) is 10.4 Å². The minimum Gasteiger partial charge on any atom is -0.476 e. The lowest BCUT2D eigenvalue weighted by Crippen LogP contribution is -2.00. The third kappa shape index (κ3) is 1.06. The number of nitrogens with zero attached hydrogens (tertiary/aromatic N) is 3. The molecular formula is C7H6BrN3O2. The van der Waals surface area contributed by atoms with Crippen LogP contribution in [0.15, 0.2) is 17.0 Å². The molecule has 2 aromatic rings. The molecule has 0 atom stereocenters. The van der Waals surface area contributed by atoms with E-state index in [1.54, 1.807) is 24.0 Å².